The number of nitrogens with one attached hydrogen (secondary N) is 6. The average Bonchev–Trinajstić information content (AvgIpc) is 1.77. The van der Waals surface area contributed by atoms with Crippen LogP contribution >= 0.6 is 0 Å². The number of nitrogens with zero attached hydrogens (tertiary/aromatic N) is 1. The molecular weight excluding hydrogens is 1140 g/mol. The lowest BCUT2D eigenvalue weighted by molar-refractivity contribution is -0.140. The molecule has 0 spiro atoms. The molecule has 2 saturated heterocycles. The fourth-order valence-electron chi connectivity index (χ4n) is 6.62. The van der Waals surface area contributed by atoms with Crippen LogP contribution in [0.1, 0.15) is 104 Å². The Balaban J connectivity index is 0. The second-order valence-corrected chi connectivity index (χ2v) is 18.8. The lowest BCUT2D eigenvalue weighted by atomic mass is 10.1. The number of aromatic amines is 2. The molecule has 9 unspecified atom stereocenters. The summed E-state index contributed by atoms with van der Waals surface area (Å²) in [7, 11) is 0. The molecule has 32 nitrogen and oxygen atoms in total. The third-order valence-electron chi connectivity index (χ3n) is 11.4. The number of aromatic nitrogens is 3. The molecular formula is C55H92N14O18. The largest absolute Gasteiger partial charge is 0.508 e. The molecule has 2 aliphatic rings. The zero-order valence-corrected chi connectivity index (χ0v) is 47.7. The fourth-order valence-corrected chi connectivity index (χ4v) is 6.62. The molecule has 9 atom stereocenters. The van der Waals surface area contributed by atoms with Crippen molar-refractivity contribution in [1.29, 1.82) is 5.40 Å². The summed E-state index contributed by atoms with van der Waals surface area (Å²) in [6.07, 6.45) is 10.6. The highest BCUT2D eigenvalue weighted by Crippen LogP contribution is 2.19. The molecule has 4 heterocycles. The van der Waals surface area contributed by atoms with E-state index in [0.717, 1.165) is 50.5 Å². The number of H-pyrrole nitrogens is 2. The van der Waals surface area contributed by atoms with Gasteiger partial charge in [-0.3, -0.25) is 43.8 Å². The molecule has 87 heavy (non-hydrogen) atoms. The highest BCUT2D eigenvalue weighted by Gasteiger charge is 2.27. The third-order valence-corrected chi connectivity index (χ3v) is 11.4. The van der Waals surface area contributed by atoms with Crippen molar-refractivity contribution < 1.29 is 108 Å². The zero-order valence-electron chi connectivity index (χ0n) is 60.7. The maximum atomic E-state index is 10.8. The van der Waals surface area contributed by atoms with Crippen LogP contribution in [0.2, 0.25) is 15.5 Å². The van der Waals surface area contributed by atoms with Crippen LogP contribution in [0.25, 0.3) is 10.9 Å². The first-order chi connectivity index (χ1) is 47.4. The number of carboxylic acid groups (broad SMARTS) is 8. The predicted octanol–water partition coefficient (Wildman–Crippen LogP) is -0.669. The van der Waals surface area contributed by atoms with E-state index < -0.39 is 102 Å². The monoisotopic (exact) mass is 1250 g/mol. The van der Waals surface area contributed by atoms with Crippen molar-refractivity contribution in [2.75, 3.05) is 26.2 Å². The van der Waals surface area contributed by atoms with Crippen molar-refractivity contribution in [2.24, 2.45) is 40.1 Å². The van der Waals surface area contributed by atoms with E-state index in [2.05, 4.69) is 26.4 Å². The van der Waals surface area contributed by atoms with Gasteiger partial charge in [-0.25, -0.2) is 4.98 Å². The number of hydrogen-bond donors (Lipinski definition) is 23. The Morgan fingerprint density at radius 3 is 1.71 bits per heavy atom. The van der Waals surface area contributed by atoms with Crippen molar-refractivity contribution in [2.45, 2.75) is 158 Å². The zero-order chi connectivity index (χ0) is 76.3. The molecule has 6 rings (SSSR count). The molecule has 0 saturated carbocycles. The predicted molar refractivity (Wildman–Crippen MR) is 322 cm³/mol. The van der Waals surface area contributed by atoms with Crippen molar-refractivity contribution in [3.8, 4) is 5.75 Å². The smallest absolute Gasteiger partial charge is 0.320 e. The van der Waals surface area contributed by atoms with Gasteiger partial charge >= 0.3 is 47.8 Å². The number of carbonyl (C=O) groups is 8. The highest BCUT2D eigenvalue weighted by molar-refractivity contribution is 5.84. The number of imidazole rings is 1. The summed E-state index contributed by atoms with van der Waals surface area (Å²) in [5, 5.41) is 95.2. The van der Waals surface area contributed by atoms with Gasteiger partial charge in [0.2, 0.25) is 0 Å². The maximum Gasteiger partial charge on any atom is 0.320 e. The number of phenols is 1. The van der Waals surface area contributed by atoms with Crippen LogP contribution in [0.4, 0.5) is 0 Å². The Morgan fingerprint density at radius 2 is 1.26 bits per heavy atom. The highest BCUT2D eigenvalue weighted by atomic mass is 16.4. The van der Waals surface area contributed by atoms with Crippen LogP contribution in [0.5, 0.6) is 5.75 Å². The molecule has 0 aliphatic carbocycles. The van der Waals surface area contributed by atoms with E-state index in [0.29, 0.717) is 90.0 Å². The number of unbranched alkanes of at least 4 members (excludes halogenated alkanes) is 2. The summed E-state index contributed by atoms with van der Waals surface area (Å²) >= 11 is 0. The second-order valence-electron chi connectivity index (χ2n) is 18.8. The molecule has 2 aromatic carbocycles. The van der Waals surface area contributed by atoms with Gasteiger partial charge in [-0.1, -0.05) is 56.5 Å². The first-order valence-corrected chi connectivity index (χ1v) is 26.8. The SMILES string of the molecule is [2H]CC(=N[2H])NCCCC(N[2H])C(=O)O.[2H]CCCCC(N[2H])C(=O)O.[2H]N1CC(O)CC1C(=O)O.[2H]N1CCCC1C(=O)O.[2H]NC(Cc1c[nH]c2ccccc12)C(=O)O.[2H]NC(Cc1ccc(O)cc1)C(=O)O.[2H]NC(Cc1cn([2H])cn1)C(=O)O.[2H]NCCCCC(N[2H])C(=O)O. The molecule has 32 heteroatoms. The Labute approximate surface area is 522 Å². The Kier molecular flexibility index (Phi) is 32.0. The summed E-state index contributed by atoms with van der Waals surface area (Å²) in [4.78, 5) is 91.4. The minimum atomic E-state index is -1.10. The Bertz CT molecular complexity index is 3000. The number of phenolic OH excluding ortho intramolecular Hbond substituents is 1. The average molecular weight is 1250 g/mol. The number of aliphatic carboxylic acids is 8. The van der Waals surface area contributed by atoms with Gasteiger partial charge in [-0.05, 0) is 101 Å². The minimum Gasteiger partial charge on any atom is -0.508 e. The van der Waals surface area contributed by atoms with Gasteiger partial charge in [-0.15, -0.1) is 0 Å². The molecule has 0 bridgehead atoms. The van der Waals surface area contributed by atoms with E-state index in [-0.39, 0.29) is 44.3 Å². The van der Waals surface area contributed by atoms with Gasteiger partial charge in [0.1, 0.15) is 66.8 Å². The number of fused-ring (bicyclic) bond motifs is 1. The van der Waals surface area contributed by atoms with Gasteiger partial charge in [0.15, 0.2) is 2.82 Å². The van der Waals surface area contributed by atoms with Crippen molar-refractivity contribution in [3.05, 3.63) is 84.1 Å². The maximum absolute atomic E-state index is 10.8. The number of rotatable bonds is 32. The summed E-state index contributed by atoms with van der Waals surface area (Å²) in [6.45, 7) is 1.97. The minimum absolute atomic E-state index is 0.0947. The van der Waals surface area contributed by atoms with E-state index in [1.165, 1.54) is 24.7 Å². The van der Waals surface area contributed by atoms with Crippen LogP contribution in [-0.2, 0) is 57.6 Å². The first-order valence-electron chi connectivity index (χ1n) is 33.5. The van der Waals surface area contributed by atoms with Gasteiger partial charge in [0, 0.05) is 58.4 Å². The number of para-hydroxylation sites is 1. The number of aliphatic hydroxyl groups is 1. The number of aliphatic hydroxyl groups excluding tert-OH is 1. The summed E-state index contributed by atoms with van der Waals surface area (Å²) in [5.74, 6) is -7.74. The molecule has 2 aliphatic heterocycles. The molecule has 2 aromatic heterocycles. The molecule has 30 N–H and O–H groups in total. The lowest BCUT2D eigenvalue weighted by Gasteiger charge is -2.06. The number of aromatic hydroxyl groups is 1. The van der Waals surface area contributed by atoms with Crippen molar-refractivity contribution in [3.63, 3.8) is 0 Å². The summed E-state index contributed by atoms with van der Waals surface area (Å²) in [5.41, 5.74) is 17.1. The van der Waals surface area contributed by atoms with E-state index in [4.69, 9.17) is 69.3 Å². The van der Waals surface area contributed by atoms with Crippen LogP contribution in [0.15, 0.2) is 67.3 Å². The quantitative estimate of drug-likeness (QED) is 0.0164. The van der Waals surface area contributed by atoms with E-state index in [1.54, 1.807) is 18.3 Å². The number of benzene rings is 2. The van der Waals surface area contributed by atoms with E-state index >= 15 is 0 Å². The van der Waals surface area contributed by atoms with E-state index in [9.17, 15) is 38.4 Å². The normalized spacial score (nSPS) is 19.1. The topological polar surface area (TPSA) is 625 Å². The van der Waals surface area contributed by atoms with E-state index in [1.807, 2.05) is 58.6 Å². The van der Waals surface area contributed by atoms with Crippen molar-refractivity contribution in [1.82, 2.24) is 30.9 Å². The Hall–Kier alpha value is -8.18. The number of carboxylic acids is 8. The fraction of sp³-hybridized carbons (Fsp3) is 0.527. The number of amidine groups is 1. The van der Waals surface area contributed by atoms with Crippen LogP contribution < -0.4 is 56.0 Å². The molecule has 0 radical (unpaired) electrons. The van der Waals surface area contributed by atoms with Gasteiger partial charge in [0.05, 0.1) is 24.0 Å². The molecule has 2 fully saturated rings. The first kappa shape index (κ1) is 59.2. The second kappa shape index (κ2) is 47.0. The van der Waals surface area contributed by atoms with Gasteiger partial charge in [0.25, 0.3) is 0 Å². The van der Waals surface area contributed by atoms with Crippen LogP contribution in [0.3, 0.4) is 0 Å². The number of hydrogen-bond acceptors (Lipinski definition) is 21. The third kappa shape index (κ3) is 40.7. The molecule has 0 amide bonds. The summed E-state index contributed by atoms with van der Waals surface area (Å²) in [6, 6.07) is 7.34. The van der Waals surface area contributed by atoms with Crippen LogP contribution in [-0.4, -0.2) is 200 Å². The van der Waals surface area contributed by atoms with Crippen LogP contribution in [0, 0.1) is 5.40 Å². The molecule has 4 aromatic rings. The molecule has 490 valence electrons. The number of nitrogens with two attached hydrogens (primary N) is 7. The lowest BCUT2D eigenvalue weighted by Crippen LogP contribution is -2.32. The van der Waals surface area contributed by atoms with Gasteiger partial charge in [-0.2, -0.15) is 0 Å². The van der Waals surface area contributed by atoms with Crippen molar-refractivity contribution >= 4 is 64.5 Å². The van der Waals surface area contributed by atoms with Gasteiger partial charge < -0.3 is 117 Å². The number of β-amino-alcohol motifs (C(OH)–C–C–N with tert-alkyl or cyclic N) is 1. The summed E-state index contributed by atoms with van der Waals surface area (Å²) < 4.78 is 88.7. The standard InChI is InChI=1S/C11H12N2O2.C9H11NO3.C7H15N3O2.C6H9N3O2.C6H14N2O2.C6H13NO2.C5H9NO3.C5H9NO2/c12-9(11(14)15)5-7-6-13-10-4-2-1-3-8(7)10;10-8(9(12)13)5-6-1-3-7(11)4-2-6;1-5(8)10-4-2-3-6(9)7(11)12;7-5(6(10)11)1-4-2-8-3-9-4;7-4-2-1-3-5(8)6(9)10;1-2-3-4-5(7)6(8)9;7-3-1-4(5(8)9)6-2-3;7-5(8)4-2-1-3-6-4/h1-4,6,9,13H,5,12H2,(H,14,15);1-4,8,11H,5,10H2,(H,12,13);6H,2-4,9H2,1H3,(H2,8,10)(H,11,12);2-3,5H,1,7H2,(H,8,9)(H,10,11);5H,1-4,7-8H2,(H,9,10);5H,2-4,7H2,1H3,(H,8,9);3-4,6-7H,1-2H2,(H,8,9);4,6H,1-3H2,(H,7,8)/i;;1D;;;1D;;/hD11. The Morgan fingerprint density at radius 1 is 0.701 bits per heavy atom.